The molecule has 1 N–H and O–H groups in total. The van der Waals surface area contributed by atoms with Crippen molar-refractivity contribution in [3.63, 3.8) is 0 Å². The Morgan fingerprint density at radius 3 is 2.70 bits per heavy atom. The molecule has 2 aromatic carbocycles. The first-order valence-corrected chi connectivity index (χ1v) is 7.79. The zero-order chi connectivity index (χ0) is 14.3. The molecule has 4 heteroatoms. The van der Waals surface area contributed by atoms with Gasteiger partial charge < -0.3 is 5.11 Å². The number of hydrogen-bond donors (Lipinski definition) is 1. The van der Waals surface area contributed by atoms with Crippen LogP contribution >= 0.6 is 27.3 Å². The monoisotopic (exact) mass is 350 g/mol. The molecule has 0 spiro atoms. The van der Waals surface area contributed by atoms with Gasteiger partial charge in [-0.1, -0.05) is 34.1 Å². The van der Waals surface area contributed by atoms with Crippen LogP contribution < -0.4 is 0 Å². The Morgan fingerprint density at radius 2 is 1.95 bits per heavy atom. The topological polar surface area (TPSA) is 20.2 Å². The van der Waals surface area contributed by atoms with E-state index in [2.05, 4.69) is 15.9 Å². The third kappa shape index (κ3) is 2.39. The first kappa shape index (κ1) is 13.7. The number of halogens is 2. The maximum Gasteiger partial charge on any atom is 0.129 e. The predicted octanol–water partition coefficient (Wildman–Crippen LogP) is 5.19. The maximum atomic E-state index is 14.0. The van der Waals surface area contributed by atoms with E-state index in [1.54, 1.807) is 6.07 Å². The molecule has 3 aromatic rings. The predicted molar refractivity (Wildman–Crippen MR) is 84.7 cm³/mol. The van der Waals surface area contributed by atoms with E-state index in [4.69, 9.17) is 0 Å². The number of benzene rings is 2. The summed E-state index contributed by atoms with van der Waals surface area (Å²) < 4.78 is 15.9. The number of thiophene rings is 1. The highest BCUT2D eigenvalue weighted by molar-refractivity contribution is 9.10. The van der Waals surface area contributed by atoms with Gasteiger partial charge in [-0.15, -0.1) is 11.3 Å². The molecule has 1 nitrogen and oxygen atoms in total. The highest BCUT2D eigenvalue weighted by Crippen LogP contribution is 2.35. The number of hydrogen-bond acceptors (Lipinski definition) is 2. The van der Waals surface area contributed by atoms with E-state index < -0.39 is 6.10 Å². The molecule has 0 amide bonds. The van der Waals surface area contributed by atoms with Crippen LogP contribution in [-0.4, -0.2) is 5.11 Å². The molecule has 0 radical (unpaired) electrons. The summed E-state index contributed by atoms with van der Waals surface area (Å²) in [5.41, 5.74) is 1.11. The van der Waals surface area contributed by atoms with Gasteiger partial charge in [0.2, 0.25) is 0 Å². The lowest BCUT2D eigenvalue weighted by Crippen LogP contribution is -2.01. The average Bonchev–Trinajstić information content (AvgIpc) is 2.86. The lowest BCUT2D eigenvalue weighted by molar-refractivity contribution is 0.218. The normalized spacial score (nSPS) is 12.8. The largest absolute Gasteiger partial charge is 0.383 e. The Bertz CT molecular complexity index is 748. The second-order valence-corrected chi connectivity index (χ2v) is 6.68. The first-order valence-electron chi connectivity index (χ1n) is 6.18. The van der Waals surface area contributed by atoms with Gasteiger partial charge in [0.05, 0.1) is 0 Å². The lowest BCUT2D eigenvalue weighted by Gasteiger charge is -2.12. The highest BCUT2D eigenvalue weighted by atomic mass is 79.9. The maximum absolute atomic E-state index is 14.0. The molecule has 0 bridgehead atoms. The van der Waals surface area contributed by atoms with Crippen LogP contribution in [-0.2, 0) is 0 Å². The molecule has 1 unspecified atom stereocenters. The molecular formula is C16H12BrFOS. The van der Waals surface area contributed by atoms with Gasteiger partial charge in [0.15, 0.2) is 0 Å². The van der Waals surface area contributed by atoms with Gasteiger partial charge in [0.1, 0.15) is 11.9 Å². The standard InChI is InChI=1S/C16H12BrFOS/c1-9-6-13(18)11(8-12(9)17)16(19)15-7-10-4-2-3-5-14(10)20-15/h2-8,16,19H,1H3. The van der Waals surface area contributed by atoms with E-state index >= 15 is 0 Å². The van der Waals surface area contributed by atoms with Crippen LogP contribution in [0.15, 0.2) is 46.9 Å². The molecule has 0 aliphatic carbocycles. The third-order valence-corrected chi connectivity index (χ3v) is 5.31. The van der Waals surface area contributed by atoms with E-state index in [-0.39, 0.29) is 5.82 Å². The van der Waals surface area contributed by atoms with E-state index in [1.807, 2.05) is 37.3 Å². The number of aliphatic hydroxyl groups excluding tert-OH is 1. The summed E-state index contributed by atoms with van der Waals surface area (Å²) >= 11 is 4.87. The van der Waals surface area contributed by atoms with E-state index in [9.17, 15) is 9.50 Å². The van der Waals surface area contributed by atoms with Crippen molar-refractivity contribution < 1.29 is 9.50 Å². The van der Waals surface area contributed by atoms with Crippen LogP contribution in [0.2, 0.25) is 0 Å². The lowest BCUT2D eigenvalue weighted by atomic mass is 10.0. The molecule has 0 fully saturated rings. The fourth-order valence-corrected chi connectivity index (χ4v) is 3.59. The minimum Gasteiger partial charge on any atom is -0.383 e. The van der Waals surface area contributed by atoms with Crippen molar-refractivity contribution in [3.8, 4) is 0 Å². The Morgan fingerprint density at radius 1 is 1.20 bits per heavy atom. The van der Waals surface area contributed by atoms with Gasteiger partial charge in [-0.2, -0.15) is 0 Å². The summed E-state index contributed by atoms with van der Waals surface area (Å²) in [5.74, 6) is -0.379. The summed E-state index contributed by atoms with van der Waals surface area (Å²) in [4.78, 5) is 0.751. The van der Waals surface area contributed by atoms with E-state index in [0.717, 1.165) is 25.0 Å². The minimum absolute atomic E-state index is 0.300. The minimum atomic E-state index is -0.940. The van der Waals surface area contributed by atoms with Crippen LogP contribution in [0.4, 0.5) is 4.39 Å². The second kappa shape index (κ2) is 5.28. The van der Waals surface area contributed by atoms with Gasteiger partial charge in [-0.05, 0) is 42.1 Å². The molecule has 0 aliphatic rings. The van der Waals surface area contributed by atoms with Crippen LogP contribution in [0.1, 0.15) is 22.1 Å². The highest BCUT2D eigenvalue weighted by Gasteiger charge is 2.18. The summed E-state index contributed by atoms with van der Waals surface area (Å²) in [6.45, 7) is 1.82. The number of aryl methyl sites for hydroxylation is 1. The van der Waals surface area contributed by atoms with Crippen LogP contribution in [0, 0.1) is 12.7 Å². The Balaban J connectivity index is 2.07. The third-order valence-electron chi connectivity index (χ3n) is 3.29. The second-order valence-electron chi connectivity index (χ2n) is 4.71. The molecule has 1 heterocycles. The molecule has 0 saturated carbocycles. The van der Waals surface area contributed by atoms with Gasteiger partial charge in [-0.25, -0.2) is 4.39 Å². The Hall–Kier alpha value is -1.23. The van der Waals surface area contributed by atoms with Crippen molar-refractivity contribution in [2.24, 2.45) is 0 Å². The van der Waals surface area contributed by atoms with Crippen molar-refractivity contribution >= 4 is 37.4 Å². The van der Waals surface area contributed by atoms with Crippen molar-refractivity contribution in [2.45, 2.75) is 13.0 Å². The number of rotatable bonds is 2. The zero-order valence-corrected chi connectivity index (χ0v) is 13.1. The number of fused-ring (bicyclic) bond motifs is 1. The smallest absolute Gasteiger partial charge is 0.129 e. The van der Waals surface area contributed by atoms with Crippen LogP contribution in [0.3, 0.4) is 0 Å². The van der Waals surface area contributed by atoms with Gasteiger partial charge >= 0.3 is 0 Å². The molecule has 1 aromatic heterocycles. The zero-order valence-electron chi connectivity index (χ0n) is 10.7. The number of aliphatic hydroxyl groups is 1. The summed E-state index contributed by atoms with van der Waals surface area (Å²) in [6, 6.07) is 12.9. The van der Waals surface area contributed by atoms with Crippen molar-refractivity contribution in [1.29, 1.82) is 0 Å². The Labute approximate surface area is 128 Å². The molecule has 1 atom stereocenters. The molecular weight excluding hydrogens is 339 g/mol. The molecule has 0 saturated heterocycles. The molecule has 3 rings (SSSR count). The van der Waals surface area contributed by atoms with Gasteiger partial charge in [-0.3, -0.25) is 0 Å². The van der Waals surface area contributed by atoms with Crippen LogP contribution in [0.25, 0.3) is 10.1 Å². The SMILES string of the molecule is Cc1cc(F)c(C(O)c2cc3ccccc3s2)cc1Br. The summed E-state index contributed by atoms with van der Waals surface area (Å²) in [6.07, 6.45) is -0.940. The average molecular weight is 351 g/mol. The fraction of sp³-hybridized carbons (Fsp3) is 0.125. The van der Waals surface area contributed by atoms with Crippen molar-refractivity contribution in [2.75, 3.05) is 0 Å². The fourth-order valence-electron chi connectivity index (χ4n) is 2.16. The molecule has 102 valence electrons. The van der Waals surface area contributed by atoms with E-state index in [0.29, 0.717) is 5.56 Å². The first-order chi connectivity index (χ1) is 9.56. The Kier molecular flexibility index (Phi) is 3.63. The van der Waals surface area contributed by atoms with Gasteiger partial charge in [0, 0.05) is 19.6 Å². The van der Waals surface area contributed by atoms with Gasteiger partial charge in [0.25, 0.3) is 0 Å². The van der Waals surface area contributed by atoms with Crippen molar-refractivity contribution in [1.82, 2.24) is 0 Å². The van der Waals surface area contributed by atoms with Crippen molar-refractivity contribution in [3.05, 3.63) is 68.8 Å². The molecule has 0 aliphatic heterocycles. The van der Waals surface area contributed by atoms with Crippen LogP contribution in [0.5, 0.6) is 0 Å². The summed E-state index contributed by atoms with van der Waals surface area (Å²) in [7, 11) is 0. The van der Waals surface area contributed by atoms with E-state index in [1.165, 1.54) is 17.4 Å². The summed E-state index contributed by atoms with van der Waals surface area (Å²) in [5, 5.41) is 11.5. The molecule has 20 heavy (non-hydrogen) atoms. The quantitative estimate of drug-likeness (QED) is 0.673.